The van der Waals surface area contributed by atoms with Crippen LogP contribution in [0.2, 0.25) is 0 Å². The van der Waals surface area contributed by atoms with Crippen molar-refractivity contribution in [3.8, 4) is 5.75 Å². The van der Waals surface area contributed by atoms with Gasteiger partial charge in [0.15, 0.2) is 6.61 Å². The number of amides is 1. The third kappa shape index (κ3) is 7.69. The molecule has 1 fully saturated rings. The number of carbonyl (C=O) groups is 2. The van der Waals surface area contributed by atoms with E-state index in [2.05, 4.69) is 31.2 Å². The zero-order valence-electron chi connectivity index (χ0n) is 14.3. The molecule has 0 unspecified atom stereocenters. The van der Waals surface area contributed by atoms with Crippen molar-refractivity contribution in [1.82, 2.24) is 10.3 Å². The Kier molecular flexibility index (Phi) is 10.2. The lowest BCUT2D eigenvalue weighted by Gasteiger charge is -2.25. The number of hydrogen-bond acceptors (Lipinski definition) is 7. The first-order chi connectivity index (χ1) is 12.1. The number of methoxy groups -OCH3 is 1. The summed E-state index contributed by atoms with van der Waals surface area (Å²) in [5.41, 5.74) is 3.27. The van der Waals surface area contributed by atoms with Crippen LogP contribution in [0.3, 0.4) is 0 Å². The average molecular weight is 451 g/mol. The third-order valence-corrected chi connectivity index (χ3v) is 4.02. The molecule has 0 saturated carbocycles. The Morgan fingerprint density at radius 1 is 1.38 bits per heavy atom. The largest absolute Gasteiger partial charge is 0.481 e. The lowest BCUT2D eigenvalue weighted by Crippen LogP contribution is -2.42. The molecule has 1 aromatic carbocycles. The van der Waals surface area contributed by atoms with E-state index in [-0.39, 0.29) is 24.9 Å². The van der Waals surface area contributed by atoms with Crippen LogP contribution in [0.4, 0.5) is 0 Å². The summed E-state index contributed by atoms with van der Waals surface area (Å²) in [5.74, 6) is -0.116. The van der Waals surface area contributed by atoms with Crippen LogP contribution >= 0.6 is 28.3 Å². The number of rotatable bonds is 7. The molecule has 1 saturated heterocycles. The van der Waals surface area contributed by atoms with Gasteiger partial charge in [-0.05, 0) is 39.7 Å². The Morgan fingerprint density at radius 3 is 2.77 bits per heavy atom. The minimum atomic E-state index is -0.458. The molecule has 0 atom stereocenters. The van der Waals surface area contributed by atoms with E-state index >= 15 is 0 Å². The van der Waals surface area contributed by atoms with Crippen molar-refractivity contribution in [2.75, 3.05) is 46.6 Å². The maximum atomic E-state index is 11.8. The second-order valence-corrected chi connectivity index (χ2v) is 6.09. The van der Waals surface area contributed by atoms with Crippen LogP contribution in [-0.2, 0) is 19.1 Å². The first kappa shape index (κ1) is 22.4. The van der Waals surface area contributed by atoms with Crippen LogP contribution in [0.1, 0.15) is 5.56 Å². The Labute approximate surface area is 166 Å². The fourth-order valence-electron chi connectivity index (χ4n) is 2.09. The number of hydrogen-bond donors (Lipinski definition) is 1. The summed E-state index contributed by atoms with van der Waals surface area (Å²) in [5, 5.41) is 3.95. The summed E-state index contributed by atoms with van der Waals surface area (Å²) >= 11 is 3.36. The van der Waals surface area contributed by atoms with Crippen molar-refractivity contribution in [3.05, 3.63) is 28.2 Å². The average Bonchev–Trinajstić information content (AvgIpc) is 2.61. The number of hydrazone groups is 1. The maximum absolute atomic E-state index is 11.8. The molecule has 1 aromatic rings. The molecule has 0 radical (unpaired) electrons. The van der Waals surface area contributed by atoms with Gasteiger partial charge in [0.2, 0.25) is 0 Å². The van der Waals surface area contributed by atoms with Crippen LogP contribution in [-0.4, -0.2) is 69.6 Å². The fraction of sp³-hybridized carbons (Fsp3) is 0.438. The molecule has 1 heterocycles. The van der Waals surface area contributed by atoms with Crippen LogP contribution in [0.25, 0.3) is 0 Å². The van der Waals surface area contributed by atoms with E-state index in [0.29, 0.717) is 30.0 Å². The molecule has 2 rings (SSSR count). The van der Waals surface area contributed by atoms with E-state index in [0.717, 1.165) is 18.7 Å². The number of carbonyl (C=O) groups excluding carboxylic acids is 2. The van der Waals surface area contributed by atoms with Crippen LogP contribution in [0.5, 0.6) is 5.75 Å². The predicted molar refractivity (Wildman–Crippen MR) is 102 cm³/mol. The van der Waals surface area contributed by atoms with Gasteiger partial charge in [0.05, 0.1) is 37.6 Å². The highest BCUT2D eigenvalue weighted by molar-refractivity contribution is 9.10. The normalized spacial score (nSPS) is 14.5. The van der Waals surface area contributed by atoms with Gasteiger partial charge in [-0.2, -0.15) is 5.10 Å². The number of nitrogens with zero attached hydrogens (tertiary/aromatic N) is 2. The Bertz CT molecular complexity index is 638. The Balaban J connectivity index is 0.00000338. The zero-order chi connectivity index (χ0) is 18.1. The summed E-state index contributed by atoms with van der Waals surface area (Å²) in [6.45, 7) is 2.92. The van der Waals surface area contributed by atoms with Gasteiger partial charge in [0, 0.05) is 13.1 Å². The number of esters is 1. The molecule has 0 aliphatic carbocycles. The number of ether oxygens (including phenoxy) is 3. The molecular weight excluding hydrogens is 430 g/mol. The highest BCUT2D eigenvalue weighted by atomic mass is 79.9. The first-order valence-electron chi connectivity index (χ1n) is 7.69. The third-order valence-electron chi connectivity index (χ3n) is 3.40. The highest BCUT2D eigenvalue weighted by Gasteiger charge is 2.13. The minimum absolute atomic E-state index is 0. The molecule has 1 amide bonds. The quantitative estimate of drug-likeness (QED) is 0.381. The van der Waals surface area contributed by atoms with E-state index in [9.17, 15) is 9.59 Å². The van der Waals surface area contributed by atoms with E-state index < -0.39 is 5.97 Å². The number of benzene rings is 1. The second kappa shape index (κ2) is 11.8. The summed E-state index contributed by atoms with van der Waals surface area (Å²) < 4.78 is 15.7. The molecule has 1 aliphatic heterocycles. The van der Waals surface area contributed by atoms with Gasteiger partial charge in [0.1, 0.15) is 5.75 Å². The van der Waals surface area contributed by atoms with Crippen molar-refractivity contribution >= 4 is 46.4 Å². The SMILES string of the molecule is COC(=O)COc1ccc(/C=N/NC(=O)CN2CCOCC2)cc1Br.Cl. The summed E-state index contributed by atoms with van der Waals surface area (Å²) in [6, 6.07) is 5.23. The van der Waals surface area contributed by atoms with E-state index in [1.165, 1.54) is 13.3 Å². The monoisotopic (exact) mass is 449 g/mol. The standard InChI is InChI=1S/C16H20BrN3O5.ClH/c1-23-16(22)11-25-14-3-2-12(8-13(14)17)9-18-19-15(21)10-20-4-6-24-7-5-20;/h2-3,8-9H,4-7,10-11H2,1H3,(H,19,21);1H/b18-9+;. The smallest absolute Gasteiger partial charge is 0.343 e. The van der Waals surface area contributed by atoms with Gasteiger partial charge in [-0.1, -0.05) is 0 Å². The molecule has 1 N–H and O–H groups in total. The fourth-order valence-corrected chi connectivity index (χ4v) is 2.60. The molecular formula is C16H21BrClN3O5. The van der Waals surface area contributed by atoms with Crippen LogP contribution in [0.15, 0.2) is 27.8 Å². The summed E-state index contributed by atoms with van der Waals surface area (Å²) in [6.07, 6.45) is 1.53. The van der Waals surface area contributed by atoms with E-state index in [1.54, 1.807) is 18.2 Å². The van der Waals surface area contributed by atoms with Gasteiger partial charge in [-0.15, -0.1) is 12.4 Å². The Morgan fingerprint density at radius 2 is 2.12 bits per heavy atom. The molecule has 10 heteroatoms. The van der Waals surface area contributed by atoms with Crippen molar-refractivity contribution in [3.63, 3.8) is 0 Å². The number of nitrogens with one attached hydrogen (secondary N) is 1. The molecule has 0 bridgehead atoms. The number of halogens is 2. The lowest BCUT2D eigenvalue weighted by molar-refractivity contribution is -0.142. The molecule has 0 aromatic heterocycles. The lowest BCUT2D eigenvalue weighted by atomic mass is 10.2. The van der Waals surface area contributed by atoms with Crippen molar-refractivity contribution < 1.29 is 23.8 Å². The van der Waals surface area contributed by atoms with Gasteiger partial charge in [-0.25, -0.2) is 10.2 Å². The molecule has 26 heavy (non-hydrogen) atoms. The van der Waals surface area contributed by atoms with E-state index in [1.807, 2.05) is 4.90 Å². The minimum Gasteiger partial charge on any atom is -0.481 e. The maximum Gasteiger partial charge on any atom is 0.343 e. The van der Waals surface area contributed by atoms with Crippen molar-refractivity contribution in [1.29, 1.82) is 0 Å². The van der Waals surface area contributed by atoms with Gasteiger partial charge in [0.25, 0.3) is 5.91 Å². The molecule has 144 valence electrons. The molecule has 8 nitrogen and oxygen atoms in total. The zero-order valence-corrected chi connectivity index (χ0v) is 16.7. The van der Waals surface area contributed by atoms with Gasteiger partial charge < -0.3 is 14.2 Å². The van der Waals surface area contributed by atoms with Crippen LogP contribution in [0, 0.1) is 0 Å². The van der Waals surface area contributed by atoms with Gasteiger partial charge in [-0.3, -0.25) is 9.69 Å². The first-order valence-corrected chi connectivity index (χ1v) is 8.49. The van der Waals surface area contributed by atoms with Crippen LogP contribution < -0.4 is 10.2 Å². The van der Waals surface area contributed by atoms with Crippen molar-refractivity contribution in [2.24, 2.45) is 5.10 Å². The molecule has 0 spiro atoms. The second-order valence-electron chi connectivity index (χ2n) is 5.24. The Hall–Kier alpha value is -1.68. The van der Waals surface area contributed by atoms with Gasteiger partial charge >= 0.3 is 5.97 Å². The number of morpholine rings is 1. The summed E-state index contributed by atoms with van der Waals surface area (Å²) in [4.78, 5) is 24.9. The topological polar surface area (TPSA) is 89.5 Å². The van der Waals surface area contributed by atoms with Crippen molar-refractivity contribution in [2.45, 2.75) is 0 Å². The highest BCUT2D eigenvalue weighted by Crippen LogP contribution is 2.25. The predicted octanol–water partition coefficient (Wildman–Crippen LogP) is 1.21. The summed E-state index contributed by atoms with van der Waals surface area (Å²) in [7, 11) is 1.30. The van der Waals surface area contributed by atoms with E-state index in [4.69, 9.17) is 9.47 Å². The molecule has 1 aliphatic rings.